The monoisotopic (exact) mass is 476 g/mol. The fraction of sp³-hybridized carbons (Fsp3) is 0.440. The molecule has 0 atom stereocenters. The van der Waals surface area contributed by atoms with Crippen molar-refractivity contribution in [2.75, 3.05) is 14.2 Å². The number of nitrogens with zero attached hydrogens (tertiary/aromatic N) is 7. The molecule has 0 unspecified atom stereocenters. The average molecular weight is 477 g/mol. The van der Waals surface area contributed by atoms with Gasteiger partial charge in [0.25, 0.3) is 0 Å². The van der Waals surface area contributed by atoms with E-state index in [2.05, 4.69) is 63.7 Å². The van der Waals surface area contributed by atoms with Crippen LogP contribution in [-0.4, -0.2) is 54.6 Å². The molecule has 35 heavy (non-hydrogen) atoms. The lowest BCUT2D eigenvalue weighted by molar-refractivity contribution is -0.225. The summed E-state index contributed by atoms with van der Waals surface area (Å²) in [4.78, 5) is 9.45. The van der Waals surface area contributed by atoms with E-state index >= 15 is 0 Å². The fourth-order valence-corrected chi connectivity index (χ4v) is 4.13. The molecule has 0 saturated heterocycles. The first-order valence-electron chi connectivity index (χ1n) is 12.0. The third-order valence-corrected chi connectivity index (χ3v) is 6.05. The van der Waals surface area contributed by atoms with Gasteiger partial charge in [-0.05, 0) is 34.5 Å². The number of unbranched alkanes of at least 4 members (excludes halogenated alkanes) is 1. The van der Waals surface area contributed by atoms with E-state index in [-0.39, 0.29) is 0 Å². The zero-order valence-corrected chi connectivity index (χ0v) is 20.7. The molecule has 3 aromatic heterocycles. The number of aromatic nitrogens is 8. The first-order valence-corrected chi connectivity index (χ1v) is 12.0. The Hall–Kier alpha value is -3.50. The number of methoxy groups -OCH3 is 2. The number of pyridine rings is 1. The first-order chi connectivity index (χ1) is 17.1. The van der Waals surface area contributed by atoms with Crippen LogP contribution in [0.1, 0.15) is 56.7 Å². The minimum Gasteiger partial charge on any atom is -0.347 e. The van der Waals surface area contributed by atoms with E-state index in [1.165, 1.54) is 0 Å². The normalized spacial score (nSPS) is 11.8. The van der Waals surface area contributed by atoms with Crippen LogP contribution < -0.4 is 0 Å². The average Bonchev–Trinajstić information content (AvgIpc) is 3.57. The predicted octanol–water partition coefficient (Wildman–Crippen LogP) is 4.16. The Bertz CT molecular complexity index is 1200. The lowest BCUT2D eigenvalue weighted by Gasteiger charge is -2.27. The molecule has 4 aromatic rings. The molecule has 0 saturated carbocycles. The molecule has 0 radical (unpaired) electrons. The largest absolute Gasteiger partial charge is 0.347 e. The summed E-state index contributed by atoms with van der Waals surface area (Å²) in [5.41, 5.74) is 3.77. The molecule has 0 bridgehead atoms. The number of benzene rings is 1. The van der Waals surface area contributed by atoms with E-state index < -0.39 is 5.79 Å². The molecule has 10 heteroatoms. The van der Waals surface area contributed by atoms with Crippen molar-refractivity contribution < 1.29 is 9.47 Å². The van der Waals surface area contributed by atoms with Crippen LogP contribution in [0.4, 0.5) is 0 Å². The highest BCUT2D eigenvalue weighted by atomic mass is 16.7. The Balaban J connectivity index is 1.62. The molecular formula is C25H32N8O2. The number of nitrogens with one attached hydrogen (secondary N) is 1. The number of tetrazole rings is 1. The van der Waals surface area contributed by atoms with Gasteiger partial charge in [-0.1, -0.05) is 51.0 Å². The number of ether oxygens (including phenoxy) is 2. The third-order valence-electron chi connectivity index (χ3n) is 6.05. The van der Waals surface area contributed by atoms with Crippen LogP contribution in [0.3, 0.4) is 0 Å². The van der Waals surface area contributed by atoms with Gasteiger partial charge in [0.05, 0.1) is 5.69 Å². The summed E-state index contributed by atoms with van der Waals surface area (Å²) in [7, 11) is 3.29. The molecule has 0 aliphatic carbocycles. The van der Waals surface area contributed by atoms with E-state index in [1.807, 2.05) is 16.8 Å². The summed E-state index contributed by atoms with van der Waals surface area (Å²) < 4.78 is 13.5. The standard InChI is InChI=1S/C25H32N8O2/c1-5-7-16-33-21(27-24(30-33)25(34-3,35-4)14-6-2)17-18-10-12-19(13-11-18)22-20(9-8-15-26-22)23-28-31-32-29-23/h8-13,15H,5-7,14,16-17H2,1-4H3,(H,28,29,31,32). The molecule has 10 nitrogen and oxygen atoms in total. The fourth-order valence-electron chi connectivity index (χ4n) is 4.13. The van der Waals surface area contributed by atoms with Crippen LogP contribution in [0.15, 0.2) is 42.6 Å². The van der Waals surface area contributed by atoms with E-state index in [9.17, 15) is 0 Å². The molecule has 3 heterocycles. The molecule has 0 fully saturated rings. The SMILES string of the molecule is CCCCn1nc(C(CCC)(OC)OC)nc1Cc1ccc(-c2ncccc2-c2nnn[nH]2)cc1. The summed E-state index contributed by atoms with van der Waals surface area (Å²) >= 11 is 0. The number of hydrogen-bond donors (Lipinski definition) is 1. The van der Waals surface area contributed by atoms with Crippen LogP contribution in [0.25, 0.3) is 22.6 Å². The van der Waals surface area contributed by atoms with Crippen molar-refractivity contribution in [3.05, 3.63) is 59.8 Å². The van der Waals surface area contributed by atoms with Gasteiger partial charge < -0.3 is 9.47 Å². The minimum absolute atomic E-state index is 0.575. The van der Waals surface area contributed by atoms with Crippen LogP contribution >= 0.6 is 0 Å². The molecule has 0 aliphatic rings. The smallest absolute Gasteiger partial charge is 0.231 e. The van der Waals surface area contributed by atoms with Crippen molar-refractivity contribution in [2.45, 2.75) is 58.3 Å². The first kappa shape index (κ1) is 24.6. The van der Waals surface area contributed by atoms with Gasteiger partial charge in [-0.2, -0.15) is 5.10 Å². The van der Waals surface area contributed by atoms with Gasteiger partial charge in [0.2, 0.25) is 11.6 Å². The third kappa shape index (κ3) is 5.28. The number of hydrogen-bond acceptors (Lipinski definition) is 8. The van der Waals surface area contributed by atoms with Crippen molar-refractivity contribution in [3.8, 4) is 22.6 Å². The quantitative estimate of drug-likeness (QED) is 0.303. The van der Waals surface area contributed by atoms with E-state index in [1.54, 1.807) is 20.4 Å². The maximum atomic E-state index is 5.76. The molecule has 1 aromatic carbocycles. The van der Waals surface area contributed by atoms with Crippen LogP contribution in [0.5, 0.6) is 0 Å². The molecule has 1 N–H and O–H groups in total. The van der Waals surface area contributed by atoms with Gasteiger partial charge in [-0.15, -0.1) is 5.10 Å². The van der Waals surface area contributed by atoms with Crippen LogP contribution in [-0.2, 0) is 28.2 Å². The number of aryl methyl sites for hydroxylation is 1. The van der Waals surface area contributed by atoms with Gasteiger partial charge in [0, 0.05) is 50.9 Å². The minimum atomic E-state index is -0.935. The summed E-state index contributed by atoms with van der Waals surface area (Å²) in [6.45, 7) is 5.06. The van der Waals surface area contributed by atoms with Crippen molar-refractivity contribution >= 4 is 0 Å². The van der Waals surface area contributed by atoms with Crippen molar-refractivity contribution in [2.24, 2.45) is 0 Å². The lowest BCUT2D eigenvalue weighted by Crippen LogP contribution is -2.32. The van der Waals surface area contributed by atoms with Crippen molar-refractivity contribution in [1.82, 2.24) is 40.4 Å². The summed E-state index contributed by atoms with van der Waals surface area (Å²) in [5, 5.41) is 19.0. The van der Waals surface area contributed by atoms with E-state index in [4.69, 9.17) is 19.6 Å². The van der Waals surface area contributed by atoms with Crippen LogP contribution in [0, 0.1) is 0 Å². The second-order valence-electron chi connectivity index (χ2n) is 8.36. The van der Waals surface area contributed by atoms with Gasteiger partial charge >= 0.3 is 0 Å². The second kappa shape index (κ2) is 11.3. The maximum Gasteiger partial charge on any atom is 0.231 e. The highest BCUT2D eigenvalue weighted by molar-refractivity contribution is 5.76. The lowest BCUT2D eigenvalue weighted by atomic mass is 10.0. The van der Waals surface area contributed by atoms with Gasteiger partial charge in [0.1, 0.15) is 5.82 Å². The second-order valence-corrected chi connectivity index (χ2v) is 8.36. The zero-order chi connectivity index (χ0) is 24.7. The topological polar surface area (TPSA) is 117 Å². The predicted molar refractivity (Wildman–Crippen MR) is 131 cm³/mol. The molecule has 0 amide bonds. The van der Waals surface area contributed by atoms with Gasteiger partial charge in [0.15, 0.2) is 5.82 Å². The Morgan fingerprint density at radius 1 is 1.03 bits per heavy atom. The van der Waals surface area contributed by atoms with E-state index in [0.717, 1.165) is 54.0 Å². The molecule has 184 valence electrons. The zero-order valence-electron chi connectivity index (χ0n) is 20.7. The Morgan fingerprint density at radius 3 is 2.49 bits per heavy atom. The summed E-state index contributed by atoms with van der Waals surface area (Å²) in [6, 6.07) is 12.1. The summed E-state index contributed by atoms with van der Waals surface area (Å²) in [5.74, 6) is 1.11. The van der Waals surface area contributed by atoms with Crippen LogP contribution in [0.2, 0.25) is 0 Å². The molecular weight excluding hydrogens is 444 g/mol. The van der Waals surface area contributed by atoms with Gasteiger partial charge in [-0.3, -0.25) is 4.98 Å². The highest BCUT2D eigenvalue weighted by Crippen LogP contribution is 2.30. The van der Waals surface area contributed by atoms with Crippen molar-refractivity contribution in [3.63, 3.8) is 0 Å². The Kier molecular flexibility index (Phi) is 7.94. The summed E-state index contributed by atoms with van der Waals surface area (Å²) in [6.07, 6.45) is 6.08. The Morgan fingerprint density at radius 2 is 1.83 bits per heavy atom. The maximum absolute atomic E-state index is 5.76. The Labute approximate surface area is 205 Å². The molecule has 4 rings (SSSR count). The molecule has 0 spiro atoms. The highest BCUT2D eigenvalue weighted by Gasteiger charge is 2.36. The van der Waals surface area contributed by atoms with Crippen molar-refractivity contribution in [1.29, 1.82) is 0 Å². The van der Waals surface area contributed by atoms with Gasteiger partial charge in [-0.25, -0.2) is 14.8 Å². The number of H-pyrrole nitrogens is 1. The molecule has 0 aliphatic heterocycles. The number of rotatable bonds is 12. The number of aromatic amines is 1. The van der Waals surface area contributed by atoms with E-state index in [0.29, 0.717) is 24.5 Å².